The zero-order chi connectivity index (χ0) is 14.4. The van der Waals surface area contributed by atoms with E-state index in [1.54, 1.807) is 0 Å². The van der Waals surface area contributed by atoms with E-state index in [9.17, 15) is 14.3 Å². The van der Waals surface area contributed by atoms with E-state index in [4.69, 9.17) is 11.6 Å². The molecule has 2 amide bonds. The van der Waals surface area contributed by atoms with Crippen LogP contribution in [0, 0.1) is 11.7 Å². The Balaban J connectivity index is 2.39. The van der Waals surface area contributed by atoms with Crippen LogP contribution in [0.4, 0.5) is 14.9 Å². The van der Waals surface area contributed by atoms with Crippen LogP contribution in [0.15, 0.2) is 18.2 Å². The summed E-state index contributed by atoms with van der Waals surface area (Å²) in [5.41, 5.74) is 0.0614. The number of carbonyl (C=O) groups excluding carboxylic acids is 1. The molecular formula is C13H18ClFN2O2. The predicted octanol–water partition coefficient (Wildman–Crippen LogP) is 3.01. The third-order valence-corrected chi connectivity index (χ3v) is 2.91. The number of nitrogens with one attached hydrogen (secondary N) is 2. The highest BCUT2D eigenvalue weighted by molar-refractivity contribution is 6.30. The normalized spacial score (nSPS) is 12.3. The number of rotatable bonds is 5. The lowest BCUT2D eigenvalue weighted by Crippen LogP contribution is -2.32. The first-order valence-corrected chi connectivity index (χ1v) is 6.46. The Morgan fingerprint density at radius 3 is 2.74 bits per heavy atom. The molecule has 3 N–H and O–H groups in total. The van der Waals surface area contributed by atoms with Gasteiger partial charge in [-0.2, -0.15) is 0 Å². The summed E-state index contributed by atoms with van der Waals surface area (Å²) in [6, 6.07) is 3.49. The maximum absolute atomic E-state index is 13.4. The number of urea groups is 1. The summed E-state index contributed by atoms with van der Waals surface area (Å²) in [6.07, 6.45) is -0.0126. The molecule has 1 aromatic rings. The molecule has 0 aliphatic heterocycles. The molecule has 1 rings (SSSR count). The highest BCUT2D eigenvalue weighted by Gasteiger charge is 2.10. The molecule has 0 saturated carbocycles. The van der Waals surface area contributed by atoms with Gasteiger partial charge in [0, 0.05) is 11.6 Å². The number of hydrogen-bond donors (Lipinski definition) is 3. The maximum Gasteiger partial charge on any atom is 0.319 e. The van der Waals surface area contributed by atoms with Crippen LogP contribution in [0.2, 0.25) is 5.02 Å². The second kappa shape index (κ2) is 7.31. The van der Waals surface area contributed by atoms with Crippen LogP contribution < -0.4 is 10.6 Å². The number of halogens is 2. The lowest BCUT2D eigenvalue weighted by molar-refractivity contribution is 0.117. The number of anilines is 1. The summed E-state index contributed by atoms with van der Waals surface area (Å²) >= 11 is 5.61. The SMILES string of the molecule is CC(C)C(O)CCNC(=O)Nc1ccc(Cl)cc1F. The van der Waals surface area contributed by atoms with Crippen LogP contribution in [0.25, 0.3) is 0 Å². The van der Waals surface area contributed by atoms with Crippen LogP contribution in [0.5, 0.6) is 0 Å². The van der Waals surface area contributed by atoms with Crippen LogP contribution in [-0.2, 0) is 0 Å². The molecule has 0 radical (unpaired) electrons. The minimum atomic E-state index is -0.593. The molecule has 1 aromatic carbocycles. The number of aliphatic hydroxyl groups is 1. The fourth-order valence-electron chi connectivity index (χ4n) is 1.42. The highest BCUT2D eigenvalue weighted by atomic mass is 35.5. The average molecular weight is 289 g/mol. The zero-order valence-corrected chi connectivity index (χ0v) is 11.7. The summed E-state index contributed by atoms with van der Waals surface area (Å²) in [5, 5.41) is 14.7. The van der Waals surface area contributed by atoms with Crippen molar-refractivity contribution >= 4 is 23.3 Å². The van der Waals surface area contributed by atoms with Crippen molar-refractivity contribution in [3.63, 3.8) is 0 Å². The topological polar surface area (TPSA) is 61.4 Å². The van der Waals surface area contributed by atoms with Crippen molar-refractivity contribution in [2.24, 2.45) is 5.92 Å². The van der Waals surface area contributed by atoms with Gasteiger partial charge in [0.15, 0.2) is 0 Å². The van der Waals surface area contributed by atoms with E-state index in [0.29, 0.717) is 13.0 Å². The van der Waals surface area contributed by atoms with E-state index in [2.05, 4.69) is 10.6 Å². The Morgan fingerprint density at radius 1 is 1.47 bits per heavy atom. The summed E-state index contributed by atoms with van der Waals surface area (Å²) < 4.78 is 13.4. The number of carbonyl (C=O) groups is 1. The fourth-order valence-corrected chi connectivity index (χ4v) is 1.58. The highest BCUT2D eigenvalue weighted by Crippen LogP contribution is 2.18. The summed E-state index contributed by atoms with van der Waals surface area (Å²) in [5.74, 6) is -0.455. The lowest BCUT2D eigenvalue weighted by Gasteiger charge is -2.14. The molecule has 106 valence electrons. The van der Waals surface area contributed by atoms with E-state index < -0.39 is 18.0 Å². The third-order valence-electron chi connectivity index (χ3n) is 2.67. The van der Waals surface area contributed by atoms with E-state index >= 15 is 0 Å². The van der Waals surface area contributed by atoms with Crippen LogP contribution >= 0.6 is 11.6 Å². The van der Waals surface area contributed by atoms with Crippen molar-refractivity contribution in [2.75, 3.05) is 11.9 Å². The van der Waals surface area contributed by atoms with Crippen molar-refractivity contribution < 1.29 is 14.3 Å². The molecule has 0 aliphatic rings. The first kappa shape index (κ1) is 15.7. The maximum atomic E-state index is 13.4. The Labute approximate surface area is 117 Å². The molecule has 19 heavy (non-hydrogen) atoms. The Kier molecular flexibility index (Phi) is 6.05. The van der Waals surface area contributed by atoms with Gasteiger partial charge in [0.2, 0.25) is 0 Å². The third kappa shape index (κ3) is 5.44. The second-order valence-electron chi connectivity index (χ2n) is 4.61. The number of amides is 2. The van der Waals surface area contributed by atoms with Gasteiger partial charge < -0.3 is 15.7 Å². The van der Waals surface area contributed by atoms with Crippen molar-refractivity contribution in [1.29, 1.82) is 0 Å². The second-order valence-corrected chi connectivity index (χ2v) is 5.04. The molecule has 1 atom stereocenters. The smallest absolute Gasteiger partial charge is 0.319 e. The first-order valence-electron chi connectivity index (χ1n) is 6.08. The van der Waals surface area contributed by atoms with Gasteiger partial charge in [-0.15, -0.1) is 0 Å². The van der Waals surface area contributed by atoms with Crippen molar-refractivity contribution in [2.45, 2.75) is 26.4 Å². The number of benzene rings is 1. The van der Waals surface area contributed by atoms with Gasteiger partial charge in [0.25, 0.3) is 0 Å². The molecule has 0 aliphatic carbocycles. The zero-order valence-electron chi connectivity index (χ0n) is 10.9. The summed E-state index contributed by atoms with van der Waals surface area (Å²) in [4.78, 5) is 11.5. The van der Waals surface area contributed by atoms with Gasteiger partial charge >= 0.3 is 6.03 Å². The lowest BCUT2D eigenvalue weighted by atomic mass is 10.0. The van der Waals surface area contributed by atoms with Gasteiger partial charge in [0.1, 0.15) is 5.82 Å². The monoisotopic (exact) mass is 288 g/mol. The van der Waals surface area contributed by atoms with Gasteiger partial charge in [-0.25, -0.2) is 9.18 Å². The van der Waals surface area contributed by atoms with Crippen molar-refractivity contribution in [3.05, 3.63) is 29.0 Å². The molecule has 0 bridgehead atoms. The average Bonchev–Trinajstić information content (AvgIpc) is 2.32. The molecule has 1 unspecified atom stereocenters. The standard InChI is InChI=1S/C13H18ClFN2O2/c1-8(2)12(18)5-6-16-13(19)17-11-4-3-9(14)7-10(11)15/h3-4,7-8,12,18H,5-6H2,1-2H3,(H2,16,17,19). The molecule has 6 heteroatoms. The van der Waals surface area contributed by atoms with Crippen LogP contribution in [0.1, 0.15) is 20.3 Å². The fraction of sp³-hybridized carbons (Fsp3) is 0.462. The van der Waals surface area contributed by atoms with Crippen molar-refractivity contribution in [1.82, 2.24) is 5.32 Å². The minimum Gasteiger partial charge on any atom is -0.393 e. The summed E-state index contributed by atoms with van der Waals surface area (Å²) in [7, 11) is 0. The molecular weight excluding hydrogens is 271 g/mol. The van der Waals surface area contributed by atoms with Crippen molar-refractivity contribution in [3.8, 4) is 0 Å². The minimum absolute atomic E-state index is 0.0614. The Bertz CT molecular complexity index is 441. The molecule has 0 saturated heterocycles. The predicted molar refractivity (Wildman–Crippen MR) is 73.9 cm³/mol. The van der Waals surface area contributed by atoms with E-state index in [1.807, 2.05) is 13.8 Å². The Hall–Kier alpha value is -1.33. The molecule has 0 fully saturated rings. The molecule has 0 aromatic heterocycles. The largest absolute Gasteiger partial charge is 0.393 e. The number of hydrogen-bond acceptors (Lipinski definition) is 2. The molecule has 4 nitrogen and oxygen atoms in total. The molecule has 0 spiro atoms. The summed E-state index contributed by atoms with van der Waals surface area (Å²) in [6.45, 7) is 4.11. The van der Waals surface area contributed by atoms with E-state index in [1.165, 1.54) is 12.1 Å². The van der Waals surface area contributed by atoms with Gasteiger partial charge in [-0.3, -0.25) is 0 Å². The number of aliphatic hydroxyl groups excluding tert-OH is 1. The van der Waals surface area contributed by atoms with Gasteiger partial charge in [-0.05, 0) is 30.5 Å². The van der Waals surface area contributed by atoms with Crippen LogP contribution in [-0.4, -0.2) is 23.8 Å². The Morgan fingerprint density at radius 2 is 2.16 bits per heavy atom. The van der Waals surface area contributed by atoms with Crippen LogP contribution in [0.3, 0.4) is 0 Å². The van der Waals surface area contributed by atoms with E-state index in [-0.39, 0.29) is 16.6 Å². The van der Waals surface area contributed by atoms with Gasteiger partial charge in [0.05, 0.1) is 11.8 Å². The quantitative estimate of drug-likeness (QED) is 0.780. The van der Waals surface area contributed by atoms with Gasteiger partial charge in [-0.1, -0.05) is 25.4 Å². The molecule has 0 heterocycles. The first-order chi connectivity index (χ1) is 8.90. The van der Waals surface area contributed by atoms with E-state index in [0.717, 1.165) is 6.07 Å².